The zero-order chi connectivity index (χ0) is 18.7. The van der Waals surface area contributed by atoms with Gasteiger partial charge in [0.1, 0.15) is 6.04 Å². The van der Waals surface area contributed by atoms with Gasteiger partial charge in [-0.15, -0.1) is 0 Å². The molecule has 25 heavy (non-hydrogen) atoms. The minimum Gasteiger partial charge on any atom is -0.479 e. The Balaban J connectivity index is 2.23. The fraction of sp³-hybridized carbons (Fsp3) is 0.529. The topological polar surface area (TPSA) is 38.3 Å². The monoisotopic (exact) mass is 391 g/mol. The quantitative estimate of drug-likeness (QED) is 0.729. The number of hydrogen-bond acceptors (Lipinski definition) is 4. The molecule has 0 spiro atoms. The summed E-state index contributed by atoms with van der Waals surface area (Å²) in [4.78, 5) is 11.2. The molecule has 1 aromatic rings. The number of carbonyl (C=O) groups is 1. The summed E-state index contributed by atoms with van der Waals surface area (Å²) in [5.41, 5.74) is 0.970. The molecule has 0 aliphatic heterocycles. The number of thioether (sulfide) groups is 1. The van der Waals surface area contributed by atoms with Gasteiger partial charge < -0.3 is 10.1 Å². The van der Waals surface area contributed by atoms with Crippen molar-refractivity contribution in [2.45, 2.75) is 49.6 Å². The van der Waals surface area contributed by atoms with Crippen molar-refractivity contribution >= 4 is 34.3 Å². The molecule has 0 heterocycles. The van der Waals surface area contributed by atoms with Crippen LogP contribution in [-0.2, 0) is 9.53 Å². The molecule has 3 atom stereocenters. The second kappa shape index (κ2) is 7.95. The number of benzene rings is 1. The number of amides is 1. The fourth-order valence-electron chi connectivity index (χ4n) is 2.93. The molecule has 2 rings (SSSR count). The molecule has 138 valence electrons. The second-order valence-corrected chi connectivity index (χ2v) is 8.03. The Morgan fingerprint density at radius 2 is 2.08 bits per heavy atom. The Bertz CT molecular complexity index is 624. The second-order valence-electron chi connectivity index (χ2n) is 6.02. The molecule has 1 fully saturated rings. The highest BCUT2D eigenvalue weighted by molar-refractivity contribution is 8.23. The molecule has 0 radical (unpaired) electrons. The van der Waals surface area contributed by atoms with Crippen LogP contribution in [0.1, 0.15) is 38.2 Å². The summed E-state index contributed by atoms with van der Waals surface area (Å²) in [7, 11) is 0. The average molecular weight is 391 g/mol. The van der Waals surface area contributed by atoms with Gasteiger partial charge in [0.2, 0.25) is 10.3 Å². The lowest BCUT2D eigenvalue weighted by atomic mass is 10.0. The van der Waals surface area contributed by atoms with Gasteiger partial charge in [-0.05, 0) is 37.5 Å². The molecule has 0 bridgehead atoms. The molecular weight excluding hydrogens is 371 g/mol. The molecule has 3 nitrogen and oxygen atoms in total. The van der Waals surface area contributed by atoms with E-state index in [-0.39, 0.29) is 16.7 Å². The predicted octanol–water partition coefficient (Wildman–Crippen LogP) is 4.42. The smallest absolute Gasteiger partial charge is 0.408 e. The summed E-state index contributed by atoms with van der Waals surface area (Å²) in [5, 5.41) is 2.03. The molecule has 1 aliphatic carbocycles. The van der Waals surface area contributed by atoms with Crippen molar-refractivity contribution in [3.05, 3.63) is 35.9 Å². The SMILES string of the molecule is CCOC(=S)SC1(CC(NC(C)=O)C(F)(F)F)CC1c1ccccc1. The Hall–Kier alpha value is -1.28. The van der Waals surface area contributed by atoms with Gasteiger partial charge in [0, 0.05) is 17.6 Å². The van der Waals surface area contributed by atoms with Gasteiger partial charge in [-0.3, -0.25) is 4.79 Å². The van der Waals surface area contributed by atoms with E-state index < -0.39 is 22.9 Å². The highest BCUT2D eigenvalue weighted by atomic mass is 32.2. The number of alkyl halides is 3. The summed E-state index contributed by atoms with van der Waals surface area (Å²) in [5.74, 6) is -0.762. The normalized spacial score (nSPS) is 23.6. The molecule has 1 saturated carbocycles. The van der Waals surface area contributed by atoms with E-state index in [9.17, 15) is 18.0 Å². The summed E-state index contributed by atoms with van der Waals surface area (Å²) < 4.78 is 44.9. The van der Waals surface area contributed by atoms with E-state index in [0.29, 0.717) is 13.0 Å². The first kappa shape index (κ1) is 20.0. The van der Waals surface area contributed by atoms with Crippen molar-refractivity contribution in [1.82, 2.24) is 5.32 Å². The van der Waals surface area contributed by atoms with Crippen LogP contribution in [0.4, 0.5) is 13.2 Å². The number of carbonyl (C=O) groups excluding carboxylic acids is 1. The van der Waals surface area contributed by atoms with Gasteiger partial charge in [-0.1, -0.05) is 42.1 Å². The summed E-state index contributed by atoms with van der Waals surface area (Å²) in [6.07, 6.45) is -4.20. The van der Waals surface area contributed by atoms with Gasteiger partial charge in [0.05, 0.1) is 6.61 Å². The average Bonchev–Trinajstić information content (AvgIpc) is 3.20. The van der Waals surface area contributed by atoms with E-state index in [1.165, 1.54) is 11.8 Å². The van der Waals surface area contributed by atoms with E-state index in [0.717, 1.165) is 12.5 Å². The molecule has 1 aromatic carbocycles. The summed E-state index contributed by atoms with van der Waals surface area (Å²) >= 11 is 6.32. The maximum Gasteiger partial charge on any atom is 0.408 e. The van der Waals surface area contributed by atoms with Crippen molar-refractivity contribution in [2.75, 3.05) is 6.61 Å². The zero-order valence-corrected chi connectivity index (χ0v) is 15.6. The molecule has 3 unspecified atom stereocenters. The zero-order valence-electron chi connectivity index (χ0n) is 13.9. The van der Waals surface area contributed by atoms with Crippen molar-refractivity contribution in [1.29, 1.82) is 0 Å². The van der Waals surface area contributed by atoms with Gasteiger partial charge in [0.15, 0.2) is 0 Å². The number of rotatable bonds is 6. The third-order valence-corrected chi connectivity index (χ3v) is 5.77. The van der Waals surface area contributed by atoms with Crippen LogP contribution in [0.3, 0.4) is 0 Å². The highest BCUT2D eigenvalue weighted by Crippen LogP contribution is 2.63. The van der Waals surface area contributed by atoms with Crippen LogP contribution in [0.5, 0.6) is 0 Å². The lowest BCUT2D eigenvalue weighted by Gasteiger charge is -2.26. The van der Waals surface area contributed by atoms with Crippen molar-refractivity contribution in [2.24, 2.45) is 0 Å². The predicted molar refractivity (Wildman–Crippen MR) is 96.6 cm³/mol. The van der Waals surface area contributed by atoms with Gasteiger partial charge in [-0.25, -0.2) is 0 Å². The van der Waals surface area contributed by atoms with Gasteiger partial charge in [-0.2, -0.15) is 13.2 Å². The summed E-state index contributed by atoms with van der Waals surface area (Å²) in [6.45, 7) is 3.23. The molecule has 1 aliphatic rings. The third kappa shape index (κ3) is 5.34. The Morgan fingerprint density at radius 1 is 1.44 bits per heavy atom. The Morgan fingerprint density at radius 3 is 2.60 bits per heavy atom. The fourth-order valence-corrected chi connectivity index (χ4v) is 4.83. The van der Waals surface area contributed by atoms with Crippen LogP contribution in [0.15, 0.2) is 30.3 Å². The van der Waals surface area contributed by atoms with Crippen LogP contribution in [0, 0.1) is 0 Å². The first-order chi connectivity index (χ1) is 11.7. The van der Waals surface area contributed by atoms with Gasteiger partial charge >= 0.3 is 6.18 Å². The molecule has 0 aromatic heterocycles. The maximum atomic E-state index is 13.4. The van der Waals surface area contributed by atoms with Crippen molar-refractivity contribution < 1.29 is 22.7 Å². The lowest BCUT2D eigenvalue weighted by Crippen LogP contribution is -2.46. The van der Waals surface area contributed by atoms with Crippen molar-refractivity contribution in [3.63, 3.8) is 0 Å². The van der Waals surface area contributed by atoms with E-state index >= 15 is 0 Å². The summed E-state index contributed by atoms with van der Waals surface area (Å²) in [6, 6.07) is 7.48. The van der Waals surface area contributed by atoms with Crippen molar-refractivity contribution in [3.8, 4) is 0 Å². The third-order valence-electron chi connectivity index (χ3n) is 4.10. The Labute approximate surface area is 154 Å². The van der Waals surface area contributed by atoms with E-state index in [2.05, 4.69) is 0 Å². The maximum absolute atomic E-state index is 13.4. The first-order valence-electron chi connectivity index (χ1n) is 7.92. The molecule has 8 heteroatoms. The molecule has 0 saturated heterocycles. The largest absolute Gasteiger partial charge is 0.479 e. The Kier molecular flexibility index (Phi) is 6.37. The van der Waals surface area contributed by atoms with Crippen LogP contribution in [-0.4, -0.2) is 33.9 Å². The lowest BCUT2D eigenvalue weighted by molar-refractivity contribution is -0.162. The molecule has 1 amide bonds. The molecule has 1 N–H and O–H groups in total. The van der Waals surface area contributed by atoms with Gasteiger partial charge in [0.25, 0.3) is 0 Å². The molecular formula is C17H20F3NO2S2. The van der Waals surface area contributed by atoms with Crippen LogP contribution >= 0.6 is 24.0 Å². The van der Waals surface area contributed by atoms with Crippen LogP contribution in [0.2, 0.25) is 0 Å². The number of thiocarbonyl (C=S) groups is 1. The number of halogens is 3. The minimum absolute atomic E-state index is 0.0595. The number of nitrogens with one attached hydrogen (secondary N) is 1. The highest BCUT2D eigenvalue weighted by Gasteiger charge is 2.60. The van der Waals surface area contributed by atoms with E-state index in [4.69, 9.17) is 17.0 Å². The first-order valence-corrected chi connectivity index (χ1v) is 9.15. The standard InChI is InChI=1S/C17H20F3NO2S2/c1-3-23-15(24)25-16(9-13(16)12-7-5-4-6-8-12)10-14(17(18,19)20)21-11(2)22/h4-8,13-14H,3,9-10H2,1-2H3,(H,21,22). The van der Waals surface area contributed by atoms with E-state index in [1.807, 2.05) is 35.6 Å². The number of ether oxygens (including phenoxy) is 1. The van der Waals surface area contributed by atoms with Crippen LogP contribution < -0.4 is 5.32 Å². The van der Waals surface area contributed by atoms with Crippen LogP contribution in [0.25, 0.3) is 0 Å². The minimum atomic E-state index is -4.52. The van der Waals surface area contributed by atoms with E-state index in [1.54, 1.807) is 6.92 Å². The number of hydrogen-bond donors (Lipinski definition) is 1.